The largest absolute Gasteiger partial charge is 0.348 e. The highest BCUT2D eigenvalue weighted by Gasteiger charge is 1.91. The number of hydrogen-bond donors (Lipinski definition) is 1. The lowest BCUT2D eigenvalue weighted by Crippen LogP contribution is -1.74. The summed E-state index contributed by atoms with van der Waals surface area (Å²) in [5.74, 6) is 0. The van der Waals surface area contributed by atoms with Gasteiger partial charge in [-0.2, -0.15) is 0 Å². The number of allylic oxidation sites excluding steroid dienone is 2. The summed E-state index contributed by atoms with van der Waals surface area (Å²) >= 11 is 0. The fourth-order valence-corrected chi connectivity index (χ4v) is 0.697. The van der Waals surface area contributed by atoms with E-state index in [0.717, 1.165) is 11.4 Å². The molecule has 1 rings (SSSR count). The lowest BCUT2D eigenvalue weighted by atomic mass is 10.3. The molecular formula is C10H16N2. The summed E-state index contributed by atoms with van der Waals surface area (Å²) < 4.78 is 0. The maximum atomic E-state index is 4.06. The summed E-state index contributed by atoms with van der Waals surface area (Å²) in [5.41, 5.74) is 2.05. The van der Waals surface area contributed by atoms with Gasteiger partial charge in [0.15, 0.2) is 0 Å². The number of aromatic nitrogens is 2. The Bertz CT molecular complexity index is 246. The van der Waals surface area contributed by atoms with Crippen molar-refractivity contribution in [3.8, 4) is 0 Å². The molecule has 0 aliphatic carbocycles. The molecule has 0 atom stereocenters. The zero-order valence-electron chi connectivity index (χ0n) is 7.96. The minimum absolute atomic E-state index is 0.972. The van der Waals surface area contributed by atoms with Crippen molar-refractivity contribution in [2.24, 2.45) is 0 Å². The Labute approximate surface area is 74.0 Å². The van der Waals surface area contributed by atoms with E-state index >= 15 is 0 Å². The number of H-pyrrole nitrogens is 1. The van der Waals surface area contributed by atoms with Crippen LogP contribution >= 0.6 is 0 Å². The number of aryl methyl sites for hydroxylation is 1. The predicted octanol–water partition coefficient (Wildman–Crippen LogP) is 2.94. The first-order valence-electron chi connectivity index (χ1n) is 4.13. The molecule has 1 aromatic heterocycles. The Hall–Kier alpha value is -1.31. The fraction of sp³-hybridized carbons (Fsp3) is 0.300. The first-order valence-corrected chi connectivity index (χ1v) is 4.13. The van der Waals surface area contributed by atoms with Gasteiger partial charge in [0.1, 0.15) is 0 Å². The van der Waals surface area contributed by atoms with Gasteiger partial charge < -0.3 is 4.98 Å². The van der Waals surface area contributed by atoms with Crippen LogP contribution in [0.25, 0.3) is 6.08 Å². The summed E-state index contributed by atoms with van der Waals surface area (Å²) in [7, 11) is 0. The number of rotatable bonds is 2. The molecule has 2 heteroatoms. The third-order valence-electron chi connectivity index (χ3n) is 1.26. The Balaban J connectivity index is 0.000000561. The lowest BCUT2D eigenvalue weighted by Gasteiger charge is -1.84. The molecule has 2 nitrogen and oxygen atoms in total. The van der Waals surface area contributed by atoms with Gasteiger partial charge in [-0.3, -0.25) is 0 Å². The molecule has 1 aromatic rings. The Morgan fingerprint density at radius 3 is 2.58 bits per heavy atom. The van der Waals surface area contributed by atoms with Crippen molar-refractivity contribution in [2.45, 2.75) is 20.8 Å². The zero-order valence-corrected chi connectivity index (χ0v) is 7.96. The van der Waals surface area contributed by atoms with Crippen molar-refractivity contribution in [3.05, 3.63) is 36.4 Å². The van der Waals surface area contributed by atoms with Gasteiger partial charge in [0, 0.05) is 5.69 Å². The van der Waals surface area contributed by atoms with Gasteiger partial charge in [-0.15, -0.1) is 0 Å². The van der Waals surface area contributed by atoms with E-state index < -0.39 is 0 Å². The fourth-order valence-electron chi connectivity index (χ4n) is 0.697. The van der Waals surface area contributed by atoms with E-state index in [1.807, 2.05) is 32.9 Å². The molecule has 66 valence electrons. The molecule has 1 heterocycles. The van der Waals surface area contributed by atoms with Crippen LogP contribution in [0.2, 0.25) is 0 Å². The third-order valence-corrected chi connectivity index (χ3v) is 1.26. The predicted molar refractivity (Wildman–Crippen MR) is 53.9 cm³/mol. The van der Waals surface area contributed by atoms with Gasteiger partial charge in [-0.25, -0.2) is 4.98 Å². The van der Waals surface area contributed by atoms with Gasteiger partial charge in [0.05, 0.1) is 12.0 Å². The molecule has 12 heavy (non-hydrogen) atoms. The monoisotopic (exact) mass is 164 g/mol. The molecule has 0 aromatic carbocycles. The molecule has 0 unspecified atom stereocenters. The minimum Gasteiger partial charge on any atom is -0.348 e. The van der Waals surface area contributed by atoms with Crippen molar-refractivity contribution in [3.63, 3.8) is 0 Å². The third kappa shape index (κ3) is 3.19. The first kappa shape index (κ1) is 10.7. The van der Waals surface area contributed by atoms with E-state index in [9.17, 15) is 0 Å². The molecule has 0 bridgehead atoms. The van der Waals surface area contributed by atoms with Gasteiger partial charge in [-0.1, -0.05) is 32.6 Å². The quantitative estimate of drug-likeness (QED) is 0.669. The molecule has 0 radical (unpaired) electrons. The van der Waals surface area contributed by atoms with Gasteiger partial charge in [0.2, 0.25) is 0 Å². The van der Waals surface area contributed by atoms with Crippen LogP contribution in [-0.4, -0.2) is 9.97 Å². The van der Waals surface area contributed by atoms with E-state index in [-0.39, 0.29) is 0 Å². The number of nitrogens with one attached hydrogen (secondary N) is 1. The number of imidazole rings is 1. The molecule has 0 fully saturated rings. The molecule has 0 amide bonds. The van der Waals surface area contributed by atoms with Crippen molar-refractivity contribution in [1.82, 2.24) is 9.97 Å². The summed E-state index contributed by atoms with van der Waals surface area (Å²) in [6.45, 7) is 9.55. The molecule has 0 aliphatic rings. The normalized spacial score (nSPS) is 9.25. The molecule has 1 N–H and O–H groups in total. The van der Waals surface area contributed by atoms with Crippen LogP contribution in [0.15, 0.2) is 25.1 Å². The maximum Gasteiger partial charge on any atom is 0.0929 e. The summed E-state index contributed by atoms with van der Waals surface area (Å²) in [6, 6.07) is 0. The highest BCUT2D eigenvalue weighted by Crippen LogP contribution is 2.01. The molecule has 0 saturated carbocycles. The maximum absolute atomic E-state index is 4.06. The second-order valence-corrected chi connectivity index (χ2v) is 2.01. The second kappa shape index (κ2) is 6.40. The van der Waals surface area contributed by atoms with Gasteiger partial charge >= 0.3 is 0 Å². The Morgan fingerprint density at radius 1 is 1.50 bits per heavy atom. The molecule has 0 spiro atoms. The van der Waals surface area contributed by atoms with Crippen LogP contribution in [0.3, 0.4) is 0 Å². The second-order valence-electron chi connectivity index (χ2n) is 2.01. The standard InChI is InChI=1S/C8H10N2.C2H6/c1-3-4-5-8-7(2)9-6-10-8;1-2/h3-6H,1H2,2H3,(H,9,10);1-2H3/b5-4-;. The summed E-state index contributed by atoms with van der Waals surface area (Å²) in [6.07, 6.45) is 7.19. The molecule has 0 saturated heterocycles. The number of nitrogens with zero attached hydrogens (tertiary/aromatic N) is 1. The molecule has 0 aliphatic heterocycles. The van der Waals surface area contributed by atoms with E-state index in [0.29, 0.717) is 0 Å². The van der Waals surface area contributed by atoms with Crippen molar-refractivity contribution in [1.29, 1.82) is 0 Å². The average molecular weight is 164 g/mol. The van der Waals surface area contributed by atoms with Crippen LogP contribution < -0.4 is 0 Å². The number of aromatic amines is 1. The average Bonchev–Trinajstić information content (AvgIpc) is 2.51. The topological polar surface area (TPSA) is 28.7 Å². The minimum atomic E-state index is 0.972. The van der Waals surface area contributed by atoms with Crippen LogP contribution in [0.4, 0.5) is 0 Å². The number of hydrogen-bond acceptors (Lipinski definition) is 1. The summed E-state index contributed by atoms with van der Waals surface area (Å²) in [5, 5.41) is 0. The van der Waals surface area contributed by atoms with Gasteiger partial charge in [-0.05, 0) is 13.0 Å². The SMILES string of the molecule is C=C/C=C\c1nc[nH]c1C.CC. The van der Waals surface area contributed by atoms with Crippen molar-refractivity contribution >= 4 is 6.08 Å². The Kier molecular flexibility index (Phi) is 5.70. The molecular weight excluding hydrogens is 148 g/mol. The van der Waals surface area contributed by atoms with Crippen LogP contribution in [0, 0.1) is 6.92 Å². The highest BCUT2D eigenvalue weighted by atomic mass is 14.9. The lowest BCUT2D eigenvalue weighted by molar-refractivity contribution is 1.25. The van der Waals surface area contributed by atoms with Crippen molar-refractivity contribution in [2.75, 3.05) is 0 Å². The smallest absolute Gasteiger partial charge is 0.0929 e. The summed E-state index contributed by atoms with van der Waals surface area (Å²) in [4.78, 5) is 7.04. The van der Waals surface area contributed by atoms with E-state index in [2.05, 4.69) is 16.5 Å². The van der Waals surface area contributed by atoms with E-state index in [1.165, 1.54) is 0 Å². The van der Waals surface area contributed by atoms with Gasteiger partial charge in [0.25, 0.3) is 0 Å². The first-order chi connectivity index (χ1) is 5.84. The van der Waals surface area contributed by atoms with E-state index in [4.69, 9.17) is 0 Å². The van der Waals surface area contributed by atoms with E-state index in [1.54, 1.807) is 12.4 Å². The zero-order chi connectivity index (χ0) is 9.40. The van der Waals surface area contributed by atoms with Crippen LogP contribution in [-0.2, 0) is 0 Å². The van der Waals surface area contributed by atoms with Crippen LogP contribution in [0.1, 0.15) is 25.2 Å². The highest BCUT2D eigenvalue weighted by molar-refractivity contribution is 5.48. The van der Waals surface area contributed by atoms with Crippen LogP contribution in [0.5, 0.6) is 0 Å². The van der Waals surface area contributed by atoms with Crippen molar-refractivity contribution < 1.29 is 0 Å². The Morgan fingerprint density at radius 2 is 2.17 bits per heavy atom.